The van der Waals surface area contributed by atoms with Crippen molar-refractivity contribution in [1.82, 2.24) is 19.5 Å². The van der Waals surface area contributed by atoms with E-state index in [9.17, 15) is 24.2 Å². The Balaban J connectivity index is 1.75. The van der Waals surface area contributed by atoms with E-state index < -0.39 is 46.6 Å². The summed E-state index contributed by atoms with van der Waals surface area (Å²) in [6.07, 6.45) is -2.90. The molecule has 150 valence electrons. The van der Waals surface area contributed by atoms with Crippen LogP contribution in [0.1, 0.15) is 6.23 Å². The summed E-state index contributed by atoms with van der Waals surface area (Å²) in [4.78, 5) is 30.2. The van der Waals surface area contributed by atoms with Crippen LogP contribution in [-0.4, -0.2) is 71.1 Å². The van der Waals surface area contributed by atoms with Gasteiger partial charge in [0.15, 0.2) is 17.7 Å². The molecule has 0 radical (unpaired) electrons. The van der Waals surface area contributed by atoms with Gasteiger partial charge in [-0.15, -0.1) is 0 Å². The highest BCUT2D eigenvalue weighted by molar-refractivity contribution is 7.63. The van der Waals surface area contributed by atoms with E-state index in [0.29, 0.717) is 6.66 Å². The molecule has 6 atom stereocenters. The number of aliphatic hydroxyl groups excluding tert-OH is 2. The predicted molar refractivity (Wildman–Crippen MR) is 88.3 cm³/mol. The van der Waals surface area contributed by atoms with E-state index in [4.69, 9.17) is 15.4 Å². The number of aliphatic hydroxyl groups is 2. The van der Waals surface area contributed by atoms with Gasteiger partial charge in [-0.3, -0.25) is 13.7 Å². The van der Waals surface area contributed by atoms with Crippen LogP contribution in [0.15, 0.2) is 12.7 Å². The number of nitrogens with two attached hydrogens (primary N) is 1. The molecule has 3 rings (SSSR count). The number of rotatable bonds is 6. The van der Waals surface area contributed by atoms with Crippen LogP contribution in [0.3, 0.4) is 0 Å². The van der Waals surface area contributed by atoms with Gasteiger partial charge in [-0.25, -0.2) is 23.8 Å². The average molecular weight is 425 g/mol. The number of hydrogen-bond acceptors (Lipinski definition) is 11. The van der Waals surface area contributed by atoms with E-state index in [2.05, 4.69) is 23.8 Å². The summed E-state index contributed by atoms with van der Waals surface area (Å²) in [7, 11) is -9.17. The molecule has 14 nitrogen and oxygen atoms in total. The summed E-state index contributed by atoms with van der Waals surface area (Å²) < 4.78 is 38.1. The first-order valence-corrected chi connectivity index (χ1v) is 10.9. The van der Waals surface area contributed by atoms with Crippen LogP contribution in [0.2, 0.25) is 0 Å². The Morgan fingerprint density at radius 2 is 1.96 bits per heavy atom. The molecule has 0 amide bonds. The smallest absolute Gasteiger partial charge is 0.387 e. The predicted octanol–water partition coefficient (Wildman–Crippen LogP) is -1.02. The maximum atomic E-state index is 11.6. The maximum absolute atomic E-state index is 11.6. The van der Waals surface area contributed by atoms with Crippen molar-refractivity contribution in [2.75, 3.05) is 19.0 Å². The summed E-state index contributed by atoms with van der Waals surface area (Å²) in [6.45, 7) is 0.00387. The van der Waals surface area contributed by atoms with E-state index in [0.717, 1.165) is 0 Å². The third kappa shape index (κ3) is 4.35. The molecular weight excluding hydrogens is 408 g/mol. The Bertz CT molecular complexity index is 932. The lowest BCUT2D eigenvalue weighted by Crippen LogP contribution is -2.33. The molecule has 1 fully saturated rings. The molecule has 6 N–H and O–H groups in total. The van der Waals surface area contributed by atoms with Crippen LogP contribution in [0.5, 0.6) is 0 Å². The molecule has 2 aromatic rings. The lowest BCUT2D eigenvalue weighted by molar-refractivity contribution is -0.0501. The number of anilines is 1. The third-order valence-corrected chi connectivity index (χ3v) is 6.17. The molecule has 0 saturated carbocycles. The van der Waals surface area contributed by atoms with Gasteiger partial charge in [-0.1, -0.05) is 0 Å². The highest BCUT2D eigenvalue weighted by Gasteiger charge is 2.45. The van der Waals surface area contributed by atoms with Gasteiger partial charge in [-0.05, 0) is 0 Å². The minimum atomic E-state index is -4.88. The molecule has 2 aromatic heterocycles. The van der Waals surface area contributed by atoms with E-state index >= 15 is 0 Å². The van der Waals surface area contributed by atoms with Gasteiger partial charge in [0.05, 0.1) is 12.9 Å². The second kappa shape index (κ2) is 7.17. The lowest BCUT2D eigenvalue weighted by atomic mass is 10.1. The summed E-state index contributed by atoms with van der Waals surface area (Å²) in [5.74, 6) is 0.109. The van der Waals surface area contributed by atoms with Gasteiger partial charge in [-0.2, -0.15) is 0 Å². The molecular formula is C11H17N5O9P2. The molecule has 1 aliphatic rings. The number of hydrogen-bond donors (Lipinski definition) is 5. The normalized spacial score (nSPS) is 30.3. The Morgan fingerprint density at radius 3 is 2.63 bits per heavy atom. The molecule has 3 unspecified atom stereocenters. The first-order valence-electron chi connectivity index (χ1n) is 7.42. The van der Waals surface area contributed by atoms with Gasteiger partial charge in [0.1, 0.15) is 30.2 Å². The van der Waals surface area contributed by atoms with Crippen LogP contribution in [0.25, 0.3) is 11.2 Å². The number of imidazole rings is 1. The highest BCUT2D eigenvalue weighted by Crippen LogP contribution is 2.58. The van der Waals surface area contributed by atoms with Crippen LogP contribution >= 0.6 is 15.4 Å². The van der Waals surface area contributed by atoms with Crippen molar-refractivity contribution in [1.29, 1.82) is 0 Å². The lowest BCUT2D eigenvalue weighted by Gasteiger charge is -2.18. The topological polar surface area (TPSA) is 212 Å². The van der Waals surface area contributed by atoms with Crippen molar-refractivity contribution in [2.45, 2.75) is 24.5 Å². The average Bonchev–Trinajstić information content (AvgIpc) is 3.07. The molecule has 27 heavy (non-hydrogen) atoms. The molecule has 0 aromatic carbocycles. The molecule has 1 saturated heterocycles. The first-order chi connectivity index (χ1) is 12.5. The molecule has 16 heteroatoms. The SMILES string of the molecule is CP(=O)(O)OP(=O)(O)OC[C@H]1O[C@@H](n2cnc3c(N)ncnc32)[C@@H](O)C1O. The summed E-state index contributed by atoms with van der Waals surface area (Å²) in [5.41, 5.74) is 6.19. The summed E-state index contributed by atoms with van der Waals surface area (Å²) in [6, 6.07) is 0. The fraction of sp³-hybridized carbons (Fsp3) is 0.545. The molecule has 3 heterocycles. The largest absolute Gasteiger partial charge is 0.479 e. The number of nitrogens with zero attached hydrogens (tertiary/aromatic N) is 4. The first kappa shape index (κ1) is 20.3. The zero-order valence-electron chi connectivity index (χ0n) is 13.8. The van der Waals surface area contributed by atoms with Crippen molar-refractivity contribution in [3.63, 3.8) is 0 Å². The minimum Gasteiger partial charge on any atom is -0.387 e. The molecule has 0 aliphatic carbocycles. The fourth-order valence-electron chi connectivity index (χ4n) is 2.54. The van der Waals surface area contributed by atoms with Crippen molar-refractivity contribution in [3.05, 3.63) is 12.7 Å². The van der Waals surface area contributed by atoms with Gasteiger partial charge < -0.3 is 30.5 Å². The fourth-order valence-corrected chi connectivity index (χ4v) is 4.59. The van der Waals surface area contributed by atoms with Gasteiger partial charge in [0.2, 0.25) is 0 Å². The zero-order valence-corrected chi connectivity index (χ0v) is 15.6. The van der Waals surface area contributed by atoms with Gasteiger partial charge in [0, 0.05) is 6.66 Å². The number of phosphoric ester groups is 1. The molecule has 0 spiro atoms. The summed E-state index contributed by atoms with van der Waals surface area (Å²) >= 11 is 0. The van der Waals surface area contributed by atoms with Crippen molar-refractivity contribution < 1.29 is 42.7 Å². The van der Waals surface area contributed by atoms with Crippen LogP contribution in [0, 0.1) is 0 Å². The Hall–Kier alpha value is -1.47. The number of nitrogen functional groups attached to an aromatic ring is 1. The number of ether oxygens (including phenoxy) is 1. The van der Waals surface area contributed by atoms with E-state index in [1.54, 1.807) is 0 Å². The zero-order chi connectivity index (χ0) is 20.0. The Labute approximate surface area is 151 Å². The minimum absolute atomic E-state index is 0.109. The Kier molecular flexibility index (Phi) is 5.38. The standard InChI is InChI=1S/C11H17N5O9P2/c1-26(19,20)25-27(21,22)23-2-5-7(17)8(18)11(24-5)16-4-15-6-9(12)13-3-14-10(6)16/h3-5,7-8,11,17-18H,2H2,1H3,(H,19,20)(H,21,22)(H2,12,13,14)/t5-,7?,8+,11-/m1/s1. The van der Waals surface area contributed by atoms with E-state index in [1.807, 2.05) is 0 Å². The quantitative estimate of drug-likeness (QED) is 0.351. The third-order valence-electron chi connectivity index (χ3n) is 3.66. The van der Waals surface area contributed by atoms with Crippen LogP contribution < -0.4 is 5.73 Å². The van der Waals surface area contributed by atoms with Crippen LogP contribution in [0.4, 0.5) is 5.82 Å². The van der Waals surface area contributed by atoms with Crippen molar-refractivity contribution in [3.8, 4) is 0 Å². The van der Waals surface area contributed by atoms with Crippen LogP contribution in [-0.2, 0) is 22.7 Å². The maximum Gasteiger partial charge on any atom is 0.479 e. The Morgan fingerprint density at radius 1 is 1.26 bits per heavy atom. The number of fused-ring (bicyclic) bond motifs is 1. The second-order valence-electron chi connectivity index (χ2n) is 5.78. The van der Waals surface area contributed by atoms with Gasteiger partial charge in [0.25, 0.3) is 0 Å². The number of aromatic nitrogens is 4. The second-order valence-corrected chi connectivity index (χ2v) is 9.23. The molecule has 0 bridgehead atoms. The summed E-state index contributed by atoms with van der Waals surface area (Å²) in [5, 5.41) is 20.4. The van der Waals surface area contributed by atoms with E-state index in [-0.39, 0.29) is 17.0 Å². The monoisotopic (exact) mass is 425 g/mol. The highest BCUT2D eigenvalue weighted by atomic mass is 31.3. The van der Waals surface area contributed by atoms with E-state index in [1.165, 1.54) is 17.2 Å². The van der Waals surface area contributed by atoms with Crippen molar-refractivity contribution in [2.24, 2.45) is 0 Å². The molecule has 1 aliphatic heterocycles. The van der Waals surface area contributed by atoms with Crippen molar-refractivity contribution >= 4 is 32.4 Å². The van der Waals surface area contributed by atoms with Gasteiger partial charge >= 0.3 is 15.4 Å². The number of phosphoric acid groups is 1.